The monoisotopic (exact) mass is 407 g/mol. The second-order valence-corrected chi connectivity index (χ2v) is 8.34. The molecular weight excluding hydrogens is 382 g/mol. The molecule has 0 bridgehead atoms. The van der Waals surface area contributed by atoms with E-state index in [0.717, 1.165) is 21.8 Å². The van der Waals surface area contributed by atoms with Gasteiger partial charge < -0.3 is 10.6 Å². The van der Waals surface area contributed by atoms with Crippen molar-refractivity contribution in [3.8, 4) is 11.3 Å². The van der Waals surface area contributed by atoms with Gasteiger partial charge in [0.05, 0.1) is 17.1 Å². The van der Waals surface area contributed by atoms with Crippen LogP contribution in [0.15, 0.2) is 60.0 Å². The van der Waals surface area contributed by atoms with Crippen LogP contribution in [0.3, 0.4) is 0 Å². The Morgan fingerprint density at radius 1 is 1.07 bits per heavy atom. The van der Waals surface area contributed by atoms with Gasteiger partial charge in [-0.25, -0.2) is 4.98 Å². The molecule has 6 heteroatoms. The SMILES string of the molecule is Cc1nc(-c2cccc(NC(=O)C(NC(=O)Cc3ccccc3)C(C)C)c2)cs1. The van der Waals surface area contributed by atoms with Crippen LogP contribution in [0.1, 0.15) is 24.4 Å². The predicted molar refractivity (Wildman–Crippen MR) is 118 cm³/mol. The summed E-state index contributed by atoms with van der Waals surface area (Å²) >= 11 is 1.59. The zero-order chi connectivity index (χ0) is 20.8. The van der Waals surface area contributed by atoms with Crippen molar-refractivity contribution in [3.05, 3.63) is 70.5 Å². The molecule has 0 aliphatic carbocycles. The molecule has 1 aromatic heterocycles. The van der Waals surface area contributed by atoms with Crippen LogP contribution in [-0.2, 0) is 16.0 Å². The highest BCUT2D eigenvalue weighted by molar-refractivity contribution is 7.09. The van der Waals surface area contributed by atoms with Gasteiger partial charge in [0, 0.05) is 16.6 Å². The number of amides is 2. The summed E-state index contributed by atoms with van der Waals surface area (Å²) in [5, 5.41) is 8.80. The van der Waals surface area contributed by atoms with Gasteiger partial charge in [-0.15, -0.1) is 11.3 Å². The van der Waals surface area contributed by atoms with Gasteiger partial charge in [-0.1, -0.05) is 56.3 Å². The number of carbonyl (C=O) groups is 2. The second kappa shape index (κ2) is 9.47. The Bertz CT molecular complexity index is 983. The van der Waals surface area contributed by atoms with E-state index in [1.807, 2.05) is 80.7 Å². The van der Waals surface area contributed by atoms with Crippen molar-refractivity contribution in [1.29, 1.82) is 0 Å². The van der Waals surface area contributed by atoms with Gasteiger partial charge in [-0.2, -0.15) is 0 Å². The highest BCUT2D eigenvalue weighted by Crippen LogP contribution is 2.24. The Balaban J connectivity index is 1.67. The third kappa shape index (κ3) is 5.74. The first-order valence-electron chi connectivity index (χ1n) is 9.59. The maximum absolute atomic E-state index is 12.9. The number of aryl methyl sites for hydroxylation is 1. The largest absolute Gasteiger partial charge is 0.344 e. The molecule has 1 heterocycles. The molecular formula is C23H25N3O2S. The summed E-state index contributed by atoms with van der Waals surface area (Å²) in [6.45, 7) is 5.80. The minimum absolute atomic E-state index is 0.0425. The molecule has 0 aliphatic rings. The smallest absolute Gasteiger partial charge is 0.247 e. The van der Waals surface area contributed by atoms with Crippen molar-refractivity contribution in [3.63, 3.8) is 0 Å². The number of nitrogens with zero attached hydrogens (tertiary/aromatic N) is 1. The van der Waals surface area contributed by atoms with Crippen molar-refractivity contribution in [2.45, 2.75) is 33.2 Å². The second-order valence-electron chi connectivity index (χ2n) is 7.27. The summed E-state index contributed by atoms with van der Waals surface area (Å²) in [5.41, 5.74) is 3.43. The maximum Gasteiger partial charge on any atom is 0.247 e. The van der Waals surface area contributed by atoms with Crippen LogP contribution in [0, 0.1) is 12.8 Å². The summed E-state index contributed by atoms with van der Waals surface area (Å²) in [4.78, 5) is 29.8. The third-order valence-corrected chi connectivity index (χ3v) is 5.29. The van der Waals surface area contributed by atoms with E-state index >= 15 is 0 Å². The van der Waals surface area contributed by atoms with Gasteiger partial charge in [-0.3, -0.25) is 9.59 Å². The van der Waals surface area contributed by atoms with E-state index in [1.165, 1.54) is 0 Å². The van der Waals surface area contributed by atoms with Crippen molar-refractivity contribution in [1.82, 2.24) is 10.3 Å². The highest BCUT2D eigenvalue weighted by Gasteiger charge is 2.24. The molecule has 3 rings (SSSR count). The van der Waals surface area contributed by atoms with Gasteiger partial charge in [0.25, 0.3) is 0 Å². The number of aromatic nitrogens is 1. The topological polar surface area (TPSA) is 71.1 Å². The third-order valence-electron chi connectivity index (χ3n) is 4.52. The zero-order valence-electron chi connectivity index (χ0n) is 16.8. The quantitative estimate of drug-likeness (QED) is 0.608. The van der Waals surface area contributed by atoms with Crippen LogP contribution in [0.5, 0.6) is 0 Å². The Labute approximate surface area is 175 Å². The van der Waals surface area contributed by atoms with Crippen LogP contribution in [0.4, 0.5) is 5.69 Å². The van der Waals surface area contributed by atoms with Gasteiger partial charge >= 0.3 is 0 Å². The number of rotatable bonds is 7. The minimum atomic E-state index is -0.614. The zero-order valence-corrected chi connectivity index (χ0v) is 17.6. The lowest BCUT2D eigenvalue weighted by atomic mass is 10.0. The van der Waals surface area contributed by atoms with Crippen molar-refractivity contribution >= 4 is 28.8 Å². The maximum atomic E-state index is 12.9. The summed E-state index contributed by atoms with van der Waals surface area (Å²) in [6, 6.07) is 16.5. The Hall–Kier alpha value is -2.99. The molecule has 0 spiro atoms. The van der Waals surface area contributed by atoms with E-state index in [9.17, 15) is 9.59 Å². The lowest BCUT2D eigenvalue weighted by Gasteiger charge is -2.22. The lowest BCUT2D eigenvalue weighted by molar-refractivity contribution is -0.127. The number of hydrogen-bond acceptors (Lipinski definition) is 4. The molecule has 1 unspecified atom stereocenters. The molecule has 3 aromatic rings. The van der Waals surface area contributed by atoms with E-state index < -0.39 is 6.04 Å². The van der Waals surface area contributed by atoms with Crippen LogP contribution >= 0.6 is 11.3 Å². The predicted octanol–water partition coefficient (Wildman–Crippen LogP) is 4.44. The van der Waals surface area contributed by atoms with E-state index in [4.69, 9.17) is 0 Å². The van der Waals surface area contributed by atoms with Crippen molar-refractivity contribution in [2.24, 2.45) is 5.92 Å². The number of thiazole rings is 1. The molecule has 1 atom stereocenters. The Morgan fingerprint density at radius 3 is 2.48 bits per heavy atom. The van der Waals surface area contributed by atoms with Crippen LogP contribution in [0.2, 0.25) is 0 Å². The standard InChI is InChI=1S/C23H25N3O2S/c1-15(2)22(26-21(27)12-17-8-5-4-6-9-17)23(28)25-19-11-7-10-18(13-19)20-14-29-16(3)24-20/h4-11,13-15,22H,12H2,1-3H3,(H,25,28)(H,26,27). The molecule has 0 fully saturated rings. The molecule has 150 valence electrons. The normalized spacial score (nSPS) is 11.9. The van der Waals surface area contributed by atoms with Crippen molar-refractivity contribution in [2.75, 3.05) is 5.32 Å². The van der Waals surface area contributed by atoms with Crippen LogP contribution in [-0.4, -0.2) is 22.8 Å². The van der Waals surface area contributed by atoms with E-state index in [1.54, 1.807) is 11.3 Å². The highest BCUT2D eigenvalue weighted by atomic mass is 32.1. The Morgan fingerprint density at radius 2 is 1.83 bits per heavy atom. The number of benzene rings is 2. The molecule has 2 N–H and O–H groups in total. The fourth-order valence-corrected chi connectivity index (χ4v) is 3.64. The summed E-state index contributed by atoms with van der Waals surface area (Å²) < 4.78 is 0. The number of nitrogens with one attached hydrogen (secondary N) is 2. The molecule has 5 nitrogen and oxygen atoms in total. The fraction of sp³-hybridized carbons (Fsp3) is 0.261. The molecule has 0 saturated heterocycles. The van der Waals surface area contributed by atoms with Gasteiger partial charge in [-0.05, 0) is 30.5 Å². The van der Waals surface area contributed by atoms with Crippen molar-refractivity contribution < 1.29 is 9.59 Å². The van der Waals surface area contributed by atoms with E-state index in [0.29, 0.717) is 5.69 Å². The first kappa shape index (κ1) is 20.7. The van der Waals surface area contributed by atoms with E-state index in [-0.39, 0.29) is 24.2 Å². The van der Waals surface area contributed by atoms with Crippen LogP contribution < -0.4 is 10.6 Å². The fourth-order valence-electron chi connectivity index (χ4n) is 3.01. The molecule has 2 aromatic carbocycles. The minimum Gasteiger partial charge on any atom is -0.344 e. The average molecular weight is 408 g/mol. The molecule has 2 amide bonds. The van der Waals surface area contributed by atoms with Gasteiger partial charge in [0.2, 0.25) is 11.8 Å². The molecule has 0 radical (unpaired) electrons. The van der Waals surface area contributed by atoms with Gasteiger partial charge in [0.1, 0.15) is 6.04 Å². The number of anilines is 1. The summed E-state index contributed by atoms with van der Waals surface area (Å²) in [7, 11) is 0. The first-order valence-corrected chi connectivity index (χ1v) is 10.5. The molecule has 0 saturated carbocycles. The number of hydrogen-bond donors (Lipinski definition) is 2. The number of carbonyl (C=O) groups excluding carboxylic acids is 2. The summed E-state index contributed by atoms with van der Waals surface area (Å²) in [6.07, 6.45) is 0.246. The van der Waals surface area contributed by atoms with Gasteiger partial charge in [0.15, 0.2) is 0 Å². The van der Waals surface area contributed by atoms with Crippen LogP contribution in [0.25, 0.3) is 11.3 Å². The van der Waals surface area contributed by atoms with E-state index in [2.05, 4.69) is 15.6 Å². The Kier molecular flexibility index (Phi) is 6.77. The molecule has 29 heavy (non-hydrogen) atoms. The lowest BCUT2D eigenvalue weighted by Crippen LogP contribution is -2.47. The first-order chi connectivity index (χ1) is 13.9. The average Bonchev–Trinajstić information content (AvgIpc) is 3.13. The molecule has 0 aliphatic heterocycles. The summed E-state index contributed by atoms with van der Waals surface area (Å²) in [5.74, 6) is -0.441.